The number of para-hydroxylation sites is 1. The van der Waals surface area contributed by atoms with Gasteiger partial charge in [0.25, 0.3) is 0 Å². The summed E-state index contributed by atoms with van der Waals surface area (Å²) in [7, 11) is 1.80. The largest absolute Gasteiger partial charge is 0.356 e. The highest BCUT2D eigenvalue weighted by atomic mass is 16.7. The van der Waals surface area contributed by atoms with E-state index in [0.29, 0.717) is 17.8 Å². The molecular formula is C25H31NO2. The highest BCUT2D eigenvalue weighted by molar-refractivity contribution is 5.79. The molecule has 0 amide bonds. The standard InChI is InChI=1S/C25H31NO2/c1-16-24-21(14-13-19-12-11-17-7-4-6-10-23(17)26-19)20-9-5-3-8-18(20)15-22(24)25(27-2)28-16/h4,6-7,10-14,16,18,20-22,24-25H,3,5,8-9,15H2,1-2H3/b14-13+/t16-,18+,20-,21+,22-,24+,25-/m1/s1. The van der Waals surface area contributed by atoms with Gasteiger partial charge < -0.3 is 9.47 Å². The molecule has 7 atom stereocenters. The van der Waals surface area contributed by atoms with E-state index >= 15 is 0 Å². The molecule has 0 radical (unpaired) electrons. The molecule has 1 saturated heterocycles. The van der Waals surface area contributed by atoms with Crippen LogP contribution in [0.3, 0.4) is 0 Å². The number of aromatic nitrogens is 1. The zero-order valence-corrected chi connectivity index (χ0v) is 17.0. The van der Waals surface area contributed by atoms with Crippen LogP contribution in [0.1, 0.15) is 44.7 Å². The molecule has 2 aromatic rings. The van der Waals surface area contributed by atoms with Crippen LogP contribution in [-0.2, 0) is 9.47 Å². The summed E-state index contributed by atoms with van der Waals surface area (Å²) in [6, 6.07) is 12.7. The molecule has 1 aromatic carbocycles. The van der Waals surface area contributed by atoms with Crippen molar-refractivity contribution in [1.29, 1.82) is 0 Å². The fourth-order valence-corrected chi connectivity index (χ4v) is 6.36. The van der Waals surface area contributed by atoms with Gasteiger partial charge in [-0.3, -0.25) is 0 Å². The Kier molecular flexibility index (Phi) is 4.98. The molecule has 0 N–H and O–H groups in total. The number of nitrogens with zero attached hydrogens (tertiary/aromatic N) is 1. The monoisotopic (exact) mass is 377 g/mol. The van der Waals surface area contributed by atoms with Gasteiger partial charge in [-0.25, -0.2) is 4.98 Å². The molecule has 3 fully saturated rings. The van der Waals surface area contributed by atoms with E-state index in [9.17, 15) is 0 Å². The van der Waals surface area contributed by atoms with Crippen LogP contribution in [0.5, 0.6) is 0 Å². The fraction of sp³-hybridized carbons (Fsp3) is 0.560. The van der Waals surface area contributed by atoms with E-state index in [1.165, 1.54) is 37.5 Å². The normalized spacial score (nSPS) is 37.9. The second-order valence-electron chi connectivity index (χ2n) is 9.00. The minimum absolute atomic E-state index is 0.0300. The van der Waals surface area contributed by atoms with Crippen molar-refractivity contribution in [1.82, 2.24) is 4.98 Å². The Labute approximate surface area is 168 Å². The van der Waals surface area contributed by atoms with Crippen LogP contribution >= 0.6 is 0 Å². The predicted octanol–water partition coefficient (Wildman–Crippen LogP) is 5.70. The first-order chi connectivity index (χ1) is 13.7. The van der Waals surface area contributed by atoms with Crippen molar-refractivity contribution in [2.45, 2.75) is 51.4 Å². The maximum Gasteiger partial charge on any atom is 0.160 e. The molecule has 28 heavy (non-hydrogen) atoms. The second kappa shape index (κ2) is 7.61. The molecule has 0 bridgehead atoms. The van der Waals surface area contributed by atoms with E-state index < -0.39 is 0 Å². The molecule has 2 heterocycles. The zero-order valence-electron chi connectivity index (χ0n) is 17.0. The van der Waals surface area contributed by atoms with Gasteiger partial charge in [0.1, 0.15) is 0 Å². The highest BCUT2D eigenvalue weighted by Crippen LogP contribution is 2.55. The molecule has 3 nitrogen and oxygen atoms in total. The summed E-state index contributed by atoms with van der Waals surface area (Å²) in [5.41, 5.74) is 2.13. The first-order valence-corrected chi connectivity index (χ1v) is 11.0. The van der Waals surface area contributed by atoms with Crippen molar-refractivity contribution < 1.29 is 9.47 Å². The minimum Gasteiger partial charge on any atom is -0.356 e. The van der Waals surface area contributed by atoms with Crippen LogP contribution in [0.15, 0.2) is 42.5 Å². The van der Waals surface area contributed by atoms with E-state index in [2.05, 4.69) is 55.5 Å². The van der Waals surface area contributed by atoms with E-state index in [0.717, 1.165) is 23.0 Å². The average molecular weight is 378 g/mol. The van der Waals surface area contributed by atoms with Crippen LogP contribution in [0.25, 0.3) is 17.0 Å². The zero-order chi connectivity index (χ0) is 19.1. The maximum atomic E-state index is 6.23. The minimum atomic E-state index is -0.0300. The smallest absolute Gasteiger partial charge is 0.160 e. The summed E-state index contributed by atoms with van der Waals surface area (Å²) in [6.45, 7) is 2.24. The van der Waals surface area contributed by atoms with Gasteiger partial charge in [0.2, 0.25) is 0 Å². The first-order valence-electron chi connectivity index (χ1n) is 11.0. The van der Waals surface area contributed by atoms with Gasteiger partial charge >= 0.3 is 0 Å². The van der Waals surface area contributed by atoms with Crippen molar-refractivity contribution in [3.05, 3.63) is 48.2 Å². The molecular weight excluding hydrogens is 346 g/mol. The topological polar surface area (TPSA) is 31.4 Å². The molecule has 2 saturated carbocycles. The van der Waals surface area contributed by atoms with Gasteiger partial charge in [0.05, 0.1) is 17.3 Å². The number of rotatable bonds is 3. The quantitative estimate of drug-likeness (QED) is 0.688. The molecule has 0 unspecified atom stereocenters. The molecule has 3 heteroatoms. The van der Waals surface area contributed by atoms with Gasteiger partial charge in [-0.05, 0) is 61.6 Å². The maximum absolute atomic E-state index is 6.23. The Balaban J connectivity index is 1.46. The average Bonchev–Trinajstić information content (AvgIpc) is 3.06. The summed E-state index contributed by atoms with van der Waals surface area (Å²) in [6.07, 6.45) is 11.7. The number of methoxy groups -OCH3 is 1. The summed E-state index contributed by atoms with van der Waals surface area (Å²) in [5.74, 6) is 3.25. The second-order valence-corrected chi connectivity index (χ2v) is 9.00. The number of allylic oxidation sites excluding steroid dienone is 1. The molecule has 3 aliphatic rings. The fourth-order valence-electron chi connectivity index (χ4n) is 6.36. The lowest BCUT2D eigenvalue weighted by atomic mass is 9.57. The van der Waals surface area contributed by atoms with Crippen molar-refractivity contribution in [3.8, 4) is 0 Å². The third kappa shape index (κ3) is 3.19. The van der Waals surface area contributed by atoms with Crippen LogP contribution in [0.4, 0.5) is 0 Å². The molecule has 148 valence electrons. The molecule has 0 spiro atoms. The van der Waals surface area contributed by atoms with E-state index in [-0.39, 0.29) is 12.4 Å². The van der Waals surface area contributed by atoms with Crippen molar-refractivity contribution in [3.63, 3.8) is 0 Å². The van der Waals surface area contributed by atoms with Crippen LogP contribution in [0, 0.1) is 29.6 Å². The van der Waals surface area contributed by atoms with Crippen molar-refractivity contribution in [2.75, 3.05) is 7.11 Å². The lowest BCUT2D eigenvalue weighted by molar-refractivity contribution is -0.132. The van der Waals surface area contributed by atoms with Gasteiger partial charge in [-0.15, -0.1) is 0 Å². The van der Waals surface area contributed by atoms with Crippen LogP contribution in [-0.4, -0.2) is 24.5 Å². The Morgan fingerprint density at radius 1 is 1.07 bits per heavy atom. The lowest BCUT2D eigenvalue weighted by Crippen LogP contribution is -2.43. The lowest BCUT2D eigenvalue weighted by Gasteiger charge is -2.47. The summed E-state index contributed by atoms with van der Waals surface area (Å²) in [4.78, 5) is 4.86. The number of pyridine rings is 1. The molecule has 1 aliphatic heterocycles. The van der Waals surface area contributed by atoms with E-state index in [1.54, 1.807) is 7.11 Å². The Bertz CT molecular complexity index is 863. The number of fused-ring (bicyclic) bond motifs is 3. The molecule has 5 rings (SSSR count). The summed E-state index contributed by atoms with van der Waals surface area (Å²) >= 11 is 0. The SMILES string of the molecule is CO[C@@H]1O[C@H](C)[C@H]2[C@@H](/C=C/c3ccc4ccccc4n3)[C@@H]3CCCC[C@H]3C[C@@H]12. The predicted molar refractivity (Wildman–Crippen MR) is 113 cm³/mol. The summed E-state index contributed by atoms with van der Waals surface area (Å²) < 4.78 is 12.0. The van der Waals surface area contributed by atoms with Gasteiger partial charge in [-0.1, -0.05) is 49.6 Å². The Hall–Kier alpha value is -1.71. The molecule has 2 aliphatic carbocycles. The highest BCUT2D eigenvalue weighted by Gasteiger charge is 2.53. The van der Waals surface area contributed by atoms with Gasteiger partial charge in [0, 0.05) is 18.4 Å². The van der Waals surface area contributed by atoms with Crippen LogP contribution < -0.4 is 0 Å². The number of hydrogen-bond acceptors (Lipinski definition) is 3. The number of ether oxygens (including phenoxy) is 2. The van der Waals surface area contributed by atoms with Gasteiger partial charge in [-0.2, -0.15) is 0 Å². The van der Waals surface area contributed by atoms with Crippen LogP contribution in [0.2, 0.25) is 0 Å². The van der Waals surface area contributed by atoms with Gasteiger partial charge in [0.15, 0.2) is 6.29 Å². The number of hydrogen-bond donors (Lipinski definition) is 0. The third-order valence-corrected chi connectivity index (χ3v) is 7.56. The Morgan fingerprint density at radius 3 is 2.82 bits per heavy atom. The van der Waals surface area contributed by atoms with Crippen molar-refractivity contribution >= 4 is 17.0 Å². The Morgan fingerprint density at radius 2 is 1.93 bits per heavy atom. The number of benzene rings is 1. The third-order valence-electron chi connectivity index (χ3n) is 7.56. The van der Waals surface area contributed by atoms with Crippen molar-refractivity contribution in [2.24, 2.45) is 29.6 Å². The van der Waals surface area contributed by atoms with E-state index in [1.807, 2.05) is 0 Å². The summed E-state index contributed by atoms with van der Waals surface area (Å²) in [5, 5.41) is 1.20. The van der Waals surface area contributed by atoms with E-state index in [4.69, 9.17) is 14.5 Å². The molecule has 1 aromatic heterocycles. The first kappa shape index (κ1) is 18.3.